The van der Waals surface area contributed by atoms with Gasteiger partial charge in [0.15, 0.2) is 11.1 Å². The van der Waals surface area contributed by atoms with E-state index in [1.807, 2.05) is 34.9 Å². The highest BCUT2D eigenvalue weighted by Crippen LogP contribution is 2.46. The number of aromatic amines is 2. The number of aromatic nitrogens is 5. The van der Waals surface area contributed by atoms with Gasteiger partial charge in [-0.2, -0.15) is 5.26 Å². The van der Waals surface area contributed by atoms with Crippen LogP contribution in [0.1, 0.15) is 27.5 Å². The maximum Gasteiger partial charge on any atom is 0.274 e. The van der Waals surface area contributed by atoms with Crippen molar-refractivity contribution in [1.82, 2.24) is 24.5 Å². The monoisotopic (exact) mass is 500 g/mol. The third-order valence-corrected chi connectivity index (χ3v) is 7.27. The fourth-order valence-corrected chi connectivity index (χ4v) is 5.57. The van der Waals surface area contributed by atoms with Crippen LogP contribution >= 0.6 is 0 Å². The summed E-state index contributed by atoms with van der Waals surface area (Å²) in [6.07, 6.45) is 3.14. The molecule has 0 saturated carbocycles. The Bertz CT molecular complexity index is 2030. The number of anilines is 1. The summed E-state index contributed by atoms with van der Waals surface area (Å²) in [7, 11) is 0. The lowest BCUT2D eigenvalue weighted by atomic mass is 9.94. The second kappa shape index (κ2) is 8.04. The zero-order chi connectivity index (χ0) is 26.0. The van der Waals surface area contributed by atoms with Gasteiger partial charge in [0.1, 0.15) is 23.0 Å². The first kappa shape index (κ1) is 21.8. The summed E-state index contributed by atoms with van der Waals surface area (Å²) in [6, 6.07) is 18.5. The quantitative estimate of drug-likeness (QED) is 0.291. The van der Waals surface area contributed by atoms with E-state index >= 15 is 0 Å². The Morgan fingerprint density at radius 1 is 1.13 bits per heavy atom. The smallest absolute Gasteiger partial charge is 0.274 e. The van der Waals surface area contributed by atoms with Gasteiger partial charge in [0, 0.05) is 35.8 Å². The van der Waals surface area contributed by atoms with Crippen LogP contribution in [0.2, 0.25) is 0 Å². The molecule has 10 nitrogen and oxygen atoms in total. The number of phenolic OH excluding ortho intramolecular Hbond substituents is 1. The Hall–Kier alpha value is -5.43. The summed E-state index contributed by atoms with van der Waals surface area (Å²) in [4.78, 5) is 30.3. The predicted octanol–water partition coefficient (Wildman–Crippen LogP) is 3.89. The van der Waals surface area contributed by atoms with E-state index in [4.69, 9.17) is 5.41 Å². The normalized spacial score (nSPS) is 14.8. The fourth-order valence-electron chi connectivity index (χ4n) is 5.57. The number of carbonyl (C=O) groups excluding carboxylic acids is 1. The van der Waals surface area contributed by atoms with Gasteiger partial charge in [-0.25, -0.2) is 9.97 Å². The summed E-state index contributed by atoms with van der Waals surface area (Å²) in [5, 5.41) is 30.8. The van der Waals surface area contributed by atoms with Crippen molar-refractivity contribution >= 4 is 44.4 Å². The van der Waals surface area contributed by atoms with Crippen LogP contribution in [0, 0.1) is 16.7 Å². The van der Waals surface area contributed by atoms with E-state index in [1.165, 1.54) is 6.33 Å². The van der Waals surface area contributed by atoms with Gasteiger partial charge in [0.05, 0.1) is 29.4 Å². The molecule has 3 aromatic heterocycles. The van der Waals surface area contributed by atoms with E-state index in [-0.39, 0.29) is 23.1 Å². The number of hydrogen-bond donors (Lipinski definition) is 4. The minimum Gasteiger partial charge on any atom is -0.507 e. The number of phenols is 1. The second-order valence-corrected chi connectivity index (χ2v) is 9.40. The maximum atomic E-state index is 13.9. The van der Waals surface area contributed by atoms with Crippen LogP contribution in [-0.2, 0) is 6.54 Å². The SMILES string of the molecule is N#Cc1cccc2cc(C(=O)N3C[C@@H](Cn4cnc(=N)c5[nH]cnc54)c4c3cc(O)c3ccccc43)[nH]c12. The standard InChI is InChI=1S/C28H20N8O2/c29-10-16-5-3-4-15-8-20(34-24(15)16)28(38)36-12-17(11-35-14-33-26(30)25-27(35)32-13-31-25)23-19-7-2-1-6-18(19)22(37)9-21(23)36/h1-9,13-14,17,30,34,37H,11-12H2,(H,31,32)/t17-/m1/s1. The van der Waals surface area contributed by atoms with E-state index in [1.54, 1.807) is 35.5 Å². The molecule has 10 heteroatoms. The summed E-state index contributed by atoms with van der Waals surface area (Å²) in [5.41, 5.74) is 4.31. The first-order valence-corrected chi connectivity index (χ1v) is 12.0. The molecule has 6 aromatic rings. The molecule has 0 bridgehead atoms. The van der Waals surface area contributed by atoms with Crippen molar-refractivity contribution < 1.29 is 9.90 Å². The number of amides is 1. The van der Waals surface area contributed by atoms with Crippen molar-refractivity contribution in [2.45, 2.75) is 12.5 Å². The minimum absolute atomic E-state index is 0.101. The van der Waals surface area contributed by atoms with Crippen LogP contribution in [0.3, 0.4) is 0 Å². The summed E-state index contributed by atoms with van der Waals surface area (Å²) >= 11 is 0. The van der Waals surface area contributed by atoms with Crippen LogP contribution in [0.5, 0.6) is 5.75 Å². The molecule has 0 spiro atoms. The first-order chi connectivity index (χ1) is 18.5. The molecule has 0 fully saturated rings. The molecule has 184 valence electrons. The number of rotatable bonds is 3. The van der Waals surface area contributed by atoms with Gasteiger partial charge in [0.2, 0.25) is 0 Å². The Kier molecular flexibility index (Phi) is 4.62. The number of para-hydroxylation sites is 1. The predicted molar refractivity (Wildman–Crippen MR) is 141 cm³/mol. The number of H-pyrrole nitrogens is 2. The van der Waals surface area contributed by atoms with E-state index in [0.29, 0.717) is 52.1 Å². The molecule has 38 heavy (non-hydrogen) atoms. The van der Waals surface area contributed by atoms with Crippen molar-refractivity contribution in [3.8, 4) is 11.8 Å². The topological polar surface area (TPSA) is 150 Å². The minimum atomic E-state index is -0.252. The molecule has 1 atom stereocenters. The summed E-state index contributed by atoms with van der Waals surface area (Å²) in [6.45, 7) is 0.828. The Morgan fingerprint density at radius 3 is 2.82 bits per heavy atom. The largest absolute Gasteiger partial charge is 0.507 e. The highest BCUT2D eigenvalue weighted by atomic mass is 16.3. The number of hydrogen-bond acceptors (Lipinski definition) is 6. The van der Waals surface area contributed by atoms with Crippen LogP contribution in [0.4, 0.5) is 5.69 Å². The van der Waals surface area contributed by atoms with Gasteiger partial charge in [-0.05, 0) is 23.1 Å². The number of nitriles is 1. The highest BCUT2D eigenvalue weighted by molar-refractivity contribution is 6.11. The lowest BCUT2D eigenvalue weighted by molar-refractivity contribution is 0.0984. The summed E-state index contributed by atoms with van der Waals surface area (Å²) < 4.78 is 1.88. The van der Waals surface area contributed by atoms with Gasteiger partial charge in [-0.15, -0.1) is 0 Å². The van der Waals surface area contributed by atoms with Gasteiger partial charge in [0.25, 0.3) is 5.91 Å². The van der Waals surface area contributed by atoms with Crippen molar-refractivity contribution in [3.05, 3.63) is 89.6 Å². The van der Waals surface area contributed by atoms with Crippen molar-refractivity contribution in [2.75, 3.05) is 11.4 Å². The van der Waals surface area contributed by atoms with Crippen molar-refractivity contribution in [1.29, 1.82) is 10.7 Å². The van der Waals surface area contributed by atoms with Gasteiger partial charge in [-0.1, -0.05) is 36.4 Å². The average molecular weight is 501 g/mol. The van der Waals surface area contributed by atoms with Crippen molar-refractivity contribution in [2.24, 2.45) is 0 Å². The third kappa shape index (κ3) is 3.12. The number of carbonyl (C=O) groups is 1. The number of nitrogens with one attached hydrogen (secondary N) is 3. The van der Waals surface area contributed by atoms with Crippen molar-refractivity contribution in [3.63, 3.8) is 0 Å². The van der Waals surface area contributed by atoms with Crippen LogP contribution in [0.25, 0.3) is 32.8 Å². The van der Waals surface area contributed by atoms with E-state index in [2.05, 4.69) is 26.0 Å². The lowest BCUT2D eigenvalue weighted by Crippen LogP contribution is -2.31. The Labute approximate surface area is 214 Å². The lowest BCUT2D eigenvalue weighted by Gasteiger charge is -2.18. The number of fused-ring (bicyclic) bond motifs is 5. The van der Waals surface area contributed by atoms with Gasteiger partial charge < -0.3 is 24.5 Å². The first-order valence-electron chi connectivity index (χ1n) is 12.0. The molecule has 7 rings (SSSR count). The second-order valence-electron chi connectivity index (χ2n) is 9.40. The third-order valence-electron chi connectivity index (χ3n) is 7.27. The van der Waals surface area contributed by atoms with Gasteiger partial charge in [-0.3, -0.25) is 10.2 Å². The van der Waals surface area contributed by atoms with E-state index in [0.717, 1.165) is 16.3 Å². The number of benzene rings is 3. The maximum absolute atomic E-state index is 13.9. The molecule has 0 aliphatic carbocycles. The molecular formula is C28H20N8O2. The van der Waals surface area contributed by atoms with E-state index < -0.39 is 0 Å². The zero-order valence-electron chi connectivity index (χ0n) is 19.9. The molecule has 0 radical (unpaired) electrons. The molecule has 1 aliphatic rings. The molecule has 4 heterocycles. The highest BCUT2D eigenvalue weighted by Gasteiger charge is 2.36. The van der Waals surface area contributed by atoms with Crippen LogP contribution in [-0.4, -0.2) is 42.1 Å². The molecule has 1 aliphatic heterocycles. The molecule has 4 N–H and O–H groups in total. The fraction of sp³-hybridized carbons (Fsp3) is 0.107. The zero-order valence-corrected chi connectivity index (χ0v) is 19.9. The van der Waals surface area contributed by atoms with Crippen LogP contribution in [0.15, 0.2) is 67.3 Å². The molecule has 3 aromatic carbocycles. The molecule has 0 unspecified atom stereocenters. The number of nitrogens with zero attached hydrogens (tertiary/aromatic N) is 5. The molecule has 1 amide bonds. The Morgan fingerprint density at radius 2 is 1.97 bits per heavy atom. The molecular weight excluding hydrogens is 480 g/mol. The number of aromatic hydroxyl groups is 1. The average Bonchev–Trinajstić information content (AvgIpc) is 3.67. The molecule has 0 saturated heterocycles. The van der Waals surface area contributed by atoms with E-state index in [9.17, 15) is 15.2 Å². The van der Waals surface area contributed by atoms with Gasteiger partial charge >= 0.3 is 0 Å². The number of imidazole rings is 1. The van der Waals surface area contributed by atoms with Crippen LogP contribution < -0.4 is 10.4 Å². The summed E-state index contributed by atoms with van der Waals surface area (Å²) in [5.74, 6) is -0.288. The Balaban J connectivity index is 1.37.